The van der Waals surface area contributed by atoms with Crippen LogP contribution in [0.2, 0.25) is 0 Å². The lowest BCUT2D eigenvalue weighted by molar-refractivity contribution is -0.136. The van der Waals surface area contributed by atoms with Gasteiger partial charge in [0.25, 0.3) is 0 Å². The van der Waals surface area contributed by atoms with Gasteiger partial charge in [0.1, 0.15) is 5.60 Å². The van der Waals surface area contributed by atoms with Crippen molar-refractivity contribution in [2.24, 2.45) is 0 Å². The molecule has 9 heteroatoms. The molecule has 0 unspecified atom stereocenters. The minimum atomic E-state index is -4.59. The second-order valence-electron chi connectivity index (χ2n) is 7.20. The Labute approximate surface area is 157 Å². The predicted molar refractivity (Wildman–Crippen MR) is 97.9 cm³/mol. The average molecular weight is 389 g/mol. The molecule has 1 aromatic carbocycles. The summed E-state index contributed by atoms with van der Waals surface area (Å²) in [5.74, 6) is -0.566. The average Bonchev–Trinajstić information content (AvgIpc) is 2.49. The summed E-state index contributed by atoms with van der Waals surface area (Å²) < 4.78 is 44.8. The van der Waals surface area contributed by atoms with E-state index in [0.29, 0.717) is 5.69 Å². The van der Waals surface area contributed by atoms with Gasteiger partial charge in [-0.25, -0.2) is 4.79 Å². The summed E-state index contributed by atoms with van der Waals surface area (Å²) >= 11 is 0. The molecule has 0 fully saturated rings. The topological polar surface area (TPSA) is 70.7 Å². The number of nitrogens with one attached hydrogen (secondary N) is 2. The molecule has 0 saturated carbocycles. The molecule has 1 rings (SSSR count). The van der Waals surface area contributed by atoms with E-state index in [1.165, 1.54) is 12.1 Å². The van der Waals surface area contributed by atoms with Gasteiger partial charge in [-0.2, -0.15) is 13.2 Å². The number of nitrogens with zero attached hydrogens (tertiary/aromatic N) is 1. The van der Waals surface area contributed by atoms with Crippen molar-refractivity contribution in [1.29, 1.82) is 0 Å². The minimum absolute atomic E-state index is 0.0392. The number of hydrogen-bond acceptors (Lipinski definition) is 4. The third-order valence-corrected chi connectivity index (χ3v) is 3.35. The van der Waals surface area contributed by atoms with Crippen LogP contribution in [-0.2, 0) is 15.7 Å². The maximum atomic E-state index is 13.2. The van der Waals surface area contributed by atoms with Crippen LogP contribution < -0.4 is 15.5 Å². The number of alkyl halides is 3. The van der Waals surface area contributed by atoms with Crippen molar-refractivity contribution in [3.8, 4) is 0 Å². The maximum absolute atomic E-state index is 13.2. The monoisotopic (exact) mass is 389 g/mol. The summed E-state index contributed by atoms with van der Waals surface area (Å²) in [6, 6.07) is 3.71. The number of halogens is 3. The largest absolute Gasteiger partial charge is 0.444 e. The smallest absolute Gasteiger partial charge is 0.418 e. The summed E-state index contributed by atoms with van der Waals surface area (Å²) in [6.45, 7) is 5.34. The van der Waals surface area contributed by atoms with Crippen molar-refractivity contribution >= 4 is 23.4 Å². The Morgan fingerprint density at radius 3 is 2.30 bits per heavy atom. The number of ether oxygens (including phenoxy) is 1. The molecule has 1 aromatic rings. The van der Waals surface area contributed by atoms with Gasteiger partial charge in [0.05, 0.1) is 11.3 Å². The highest BCUT2D eigenvalue weighted by Gasteiger charge is 2.34. The first-order chi connectivity index (χ1) is 12.3. The minimum Gasteiger partial charge on any atom is -0.444 e. The Balaban J connectivity index is 2.61. The van der Waals surface area contributed by atoms with E-state index in [1.54, 1.807) is 39.8 Å². The molecule has 0 heterocycles. The van der Waals surface area contributed by atoms with Gasteiger partial charge in [-0.1, -0.05) is 0 Å². The Kier molecular flexibility index (Phi) is 7.50. The van der Waals surface area contributed by atoms with E-state index in [0.717, 1.165) is 6.07 Å². The van der Waals surface area contributed by atoms with Crippen LogP contribution in [0.25, 0.3) is 0 Å². The third-order valence-electron chi connectivity index (χ3n) is 3.35. The van der Waals surface area contributed by atoms with Crippen molar-refractivity contribution in [2.45, 2.75) is 45.4 Å². The molecule has 0 aliphatic heterocycles. The summed E-state index contributed by atoms with van der Waals surface area (Å²) in [5.41, 5.74) is -1.46. The van der Waals surface area contributed by atoms with Crippen molar-refractivity contribution in [3.63, 3.8) is 0 Å². The highest BCUT2D eigenvalue weighted by Crippen LogP contribution is 2.37. The standard InChI is InChI=1S/C18H26F3N3O3/c1-17(2,3)27-16(26)22-10-6-7-15(25)23-14-9-8-12(24(4)5)11-13(14)18(19,20)21/h8-9,11H,6-7,10H2,1-5H3,(H,22,26)(H,23,25). The van der Waals surface area contributed by atoms with Crippen LogP contribution in [0.3, 0.4) is 0 Å². The van der Waals surface area contributed by atoms with Gasteiger partial charge in [-0.3, -0.25) is 4.79 Å². The normalized spacial score (nSPS) is 11.7. The Morgan fingerprint density at radius 2 is 1.78 bits per heavy atom. The van der Waals surface area contributed by atoms with E-state index < -0.39 is 29.3 Å². The highest BCUT2D eigenvalue weighted by molar-refractivity contribution is 5.92. The van der Waals surface area contributed by atoms with Crippen LogP contribution in [0.5, 0.6) is 0 Å². The fourth-order valence-corrected chi connectivity index (χ4v) is 2.12. The SMILES string of the molecule is CN(C)c1ccc(NC(=O)CCCNC(=O)OC(C)(C)C)c(C(F)(F)F)c1. The molecule has 27 heavy (non-hydrogen) atoms. The number of rotatable bonds is 6. The lowest BCUT2D eigenvalue weighted by Crippen LogP contribution is -2.33. The Bertz CT molecular complexity index is 668. The van der Waals surface area contributed by atoms with Crippen LogP contribution in [0.15, 0.2) is 18.2 Å². The number of anilines is 2. The number of carbonyl (C=O) groups excluding carboxylic acids is 2. The van der Waals surface area contributed by atoms with Crippen molar-refractivity contribution in [1.82, 2.24) is 5.32 Å². The zero-order valence-corrected chi connectivity index (χ0v) is 16.2. The molecule has 0 bridgehead atoms. The van der Waals surface area contributed by atoms with Gasteiger partial charge in [-0.05, 0) is 45.4 Å². The van der Waals surface area contributed by atoms with E-state index in [1.807, 2.05) is 0 Å². The van der Waals surface area contributed by atoms with Crippen LogP contribution in [0.4, 0.5) is 29.3 Å². The maximum Gasteiger partial charge on any atom is 0.418 e. The van der Waals surface area contributed by atoms with Crippen molar-refractivity contribution < 1.29 is 27.5 Å². The Hall–Kier alpha value is -2.45. The summed E-state index contributed by atoms with van der Waals surface area (Å²) in [7, 11) is 3.26. The number of hydrogen-bond donors (Lipinski definition) is 2. The van der Waals surface area contributed by atoms with Gasteiger partial charge < -0.3 is 20.3 Å². The van der Waals surface area contributed by atoms with Crippen molar-refractivity contribution in [2.75, 3.05) is 30.9 Å². The first-order valence-electron chi connectivity index (χ1n) is 8.45. The molecule has 0 aliphatic rings. The van der Waals surface area contributed by atoms with Gasteiger partial charge >= 0.3 is 12.3 Å². The quantitative estimate of drug-likeness (QED) is 0.721. The van der Waals surface area contributed by atoms with Gasteiger partial charge in [0.15, 0.2) is 0 Å². The third kappa shape index (κ3) is 8.19. The second kappa shape index (κ2) is 8.96. The summed E-state index contributed by atoms with van der Waals surface area (Å²) in [6.07, 6.45) is -4.97. The molecular formula is C18H26F3N3O3. The zero-order valence-electron chi connectivity index (χ0n) is 16.2. The van der Waals surface area contributed by atoms with Crippen LogP contribution in [-0.4, -0.2) is 38.2 Å². The van der Waals surface area contributed by atoms with Gasteiger partial charge in [0, 0.05) is 32.7 Å². The van der Waals surface area contributed by atoms with E-state index in [4.69, 9.17) is 4.74 Å². The van der Waals surface area contributed by atoms with Crippen LogP contribution >= 0.6 is 0 Å². The molecule has 2 N–H and O–H groups in total. The predicted octanol–water partition coefficient (Wildman–Crippen LogP) is 4.01. The number of alkyl carbamates (subject to hydrolysis) is 1. The van der Waals surface area contributed by atoms with Crippen molar-refractivity contribution in [3.05, 3.63) is 23.8 Å². The van der Waals surface area contributed by atoms with Crippen LogP contribution in [0, 0.1) is 0 Å². The summed E-state index contributed by atoms with van der Waals surface area (Å²) in [4.78, 5) is 25.0. The molecule has 6 nitrogen and oxygen atoms in total. The Morgan fingerprint density at radius 1 is 1.15 bits per heavy atom. The molecule has 0 radical (unpaired) electrons. The fourth-order valence-electron chi connectivity index (χ4n) is 2.12. The molecule has 0 aliphatic carbocycles. The zero-order chi connectivity index (χ0) is 20.8. The number of benzene rings is 1. The molecule has 0 atom stereocenters. The number of carbonyl (C=O) groups is 2. The molecular weight excluding hydrogens is 363 g/mol. The molecule has 152 valence electrons. The fraction of sp³-hybridized carbons (Fsp3) is 0.556. The molecule has 0 aromatic heterocycles. The first-order valence-corrected chi connectivity index (χ1v) is 8.45. The molecule has 2 amide bonds. The van der Waals surface area contributed by atoms with E-state index in [9.17, 15) is 22.8 Å². The lowest BCUT2D eigenvalue weighted by Gasteiger charge is -2.20. The highest BCUT2D eigenvalue weighted by atomic mass is 19.4. The summed E-state index contributed by atoms with van der Waals surface area (Å²) in [5, 5.41) is 4.78. The van der Waals surface area contributed by atoms with Gasteiger partial charge in [-0.15, -0.1) is 0 Å². The van der Waals surface area contributed by atoms with E-state index in [-0.39, 0.29) is 25.1 Å². The number of amides is 2. The second-order valence-corrected chi connectivity index (χ2v) is 7.20. The van der Waals surface area contributed by atoms with E-state index in [2.05, 4.69) is 10.6 Å². The van der Waals surface area contributed by atoms with E-state index >= 15 is 0 Å². The molecule has 0 saturated heterocycles. The first kappa shape index (κ1) is 22.6. The van der Waals surface area contributed by atoms with Gasteiger partial charge in [0.2, 0.25) is 5.91 Å². The molecule has 0 spiro atoms. The van der Waals surface area contributed by atoms with Crippen LogP contribution in [0.1, 0.15) is 39.2 Å². The lowest BCUT2D eigenvalue weighted by atomic mass is 10.1.